The van der Waals surface area contributed by atoms with Crippen LogP contribution in [0, 0.1) is 10.1 Å². The quantitative estimate of drug-likeness (QED) is 0.418. The van der Waals surface area contributed by atoms with Crippen molar-refractivity contribution in [2.24, 2.45) is 0 Å². The summed E-state index contributed by atoms with van der Waals surface area (Å²) in [5.41, 5.74) is 0.390. The number of nitrogens with one attached hydrogen (secondary N) is 1. The van der Waals surface area contributed by atoms with Crippen LogP contribution in [0.5, 0.6) is 0 Å². The van der Waals surface area contributed by atoms with Gasteiger partial charge in [-0.1, -0.05) is 0 Å². The molecule has 120 valence electrons. The molecule has 0 radical (unpaired) electrons. The topological polar surface area (TPSA) is 102 Å². The van der Waals surface area contributed by atoms with Crippen molar-refractivity contribution in [3.05, 3.63) is 79.1 Å². The predicted molar refractivity (Wildman–Crippen MR) is 91.2 cm³/mol. The van der Waals surface area contributed by atoms with Gasteiger partial charge in [0.05, 0.1) is 9.40 Å². The molecule has 1 amide bonds. The van der Waals surface area contributed by atoms with E-state index in [4.69, 9.17) is 4.42 Å². The smallest absolute Gasteiger partial charge is 0.336 e. The van der Waals surface area contributed by atoms with Gasteiger partial charge in [0.15, 0.2) is 0 Å². The summed E-state index contributed by atoms with van der Waals surface area (Å²) in [7, 11) is 0. The zero-order chi connectivity index (χ0) is 17.3. The van der Waals surface area contributed by atoms with Crippen molar-refractivity contribution in [1.29, 1.82) is 0 Å². The molecule has 0 fully saturated rings. The molecule has 8 heteroatoms. The average Bonchev–Trinajstić information content (AvgIpc) is 2.55. The number of hydrogen-bond donors (Lipinski definition) is 1. The zero-order valence-electron chi connectivity index (χ0n) is 12.0. The number of nitro benzene ring substituents is 1. The van der Waals surface area contributed by atoms with Crippen molar-refractivity contribution in [2.75, 3.05) is 5.32 Å². The second-order valence-electron chi connectivity index (χ2n) is 4.88. The summed E-state index contributed by atoms with van der Waals surface area (Å²) >= 11 is 3.07. The molecular weight excluding hydrogens is 380 g/mol. The molecular formula is C16H9BrN2O5. The zero-order valence-corrected chi connectivity index (χ0v) is 13.6. The second-order valence-corrected chi connectivity index (χ2v) is 5.74. The highest BCUT2D eigenvalue weighted by atomic mass is 79.9. The summed E-state index contributed by atoms with van der Waals surface area (Å²) in [6.07, 6.45) is 0. The molecule has 0 unspecified atom stereocenters. The Morgan fingerprint density at radius 2 is 1.92 bits per heavy atom. The number of anilines is 1. The third-order valence-corrected chi connectivity index (χ3v) is 3.95. The summed E-state index contributed by atoms with van der Waals surface area (Å²) in [4.78, 5) is 33.8. The van der Waals surface area contributed by atoms with Crippen molar-refractivity contribution in [3.8, 4) is 0 Å². The molecule has 1 N–H and O–H groups in total. The number of carbonyl (C=O) groups is 1. The standard InChI is InChI=1S/C16H9BrN2O5/c17-12-4-1-10(8-13(12)19(22)23)16(21)18-11-3-5-14-9(7-11)2-6-15(20)24-14/h1-8H,(H,18,21). The fourth-order valence-electron chi connectivity index (χ4n) is 2.15. The second kappa shape index (κ2) is 6.25. The van der Waals surface area contributed by atoms with E-state index < -0.39 is 16.5 Å². The number of rotatable bonds is 3. The van der Waals surface area contributed by atoms with Gasteiger partial charge in [-0.05, 0) is 52.3 Å². The number of fused-ring (bicyclic) bond motifs is 1. The largest absolute Gasteiger partial charge is 0.423 e. The Hall–Kier alpha value is -3.00. The van der Waals surface area contributed by atoms with E-state index >= 15 is 0 Å². The molecule has 3 rings (SSSR count). The highest BCUT2D eigenvalue weighted by Crippen LogP contribution is 2.26. The lowest BCUT2D eigenvalue weighted by atomic mass is 10.1. The maximum Gasteiger partial charge on any atom is 0.336 e. The lowest BCUT2D eigenvalue weighted by molar-refractivity contribution is -0.385. The molecule has 0 aliphatic heterocycles. The Morgan fingerprint density at radius 3 is 2.67 bits per heavy atom. The fraction of sp³-hybridized carbons (Fsp3) is 0. The molecule has 0 spiro atoms. The summed E-state index contributed by atoms with van der Waals surface area (Å²) in [6.45, 7) is 0. The Balaban J connectivity index is 1.89. The van der Waals surface area contributed by atoms with E-state index in [0.29, 0.717) is 21.1 Å². The van der Waals surface area contributed by atoms with Gasteiger partial charge in [-0.3, -0.25) is 14.9 Å². The van der Waals surface area contributed by atoms with E-state index in [0.717, 1.165) is 0 Å². The number of carbonyl (C=O) groups excluding carboxylic acids is 1. The van der Waals surface area contributed by atoms with Crippen LogP contribution in [0.1, 0.15) is 10.4 Å². The van der Waals surface area contributed by atoms with E-state index in [-0.39, 0.29) is 11.3 Å². The fourth-order valence-corrected chi connectivity index (χ4v) is 2.54. The molecule has 0 atom stereocenters. The Bertz CT molecular complexity index is 1030. The van der Waals surface area contributed by atoms with Crippen LogP contribution in [0.25, 0.3) is 11.0 Å². The van der Waals surface area contributed by atoms with Gasteiger partial charge in [0.25, 0.3) is 11.6 Å². The van der Waals surface area contributed by atoms with E-state index in [9.17, 15) is 19.7 Å². The lowest BCUT2D eigenvalue weighted by Gasteiger charge is -2.06. The molecule has 24 heavy (non-hydrogen) atoms. The number of nitro groups is 1. The summed E-state index contributed by atoms with van der Waals surface area (Å²) in [5.74, 6) is -0.484. The Labute approximate surface area is 143 Å². The SMILES string of the molecule is O=C(Nc1ccc2oc(=O)ccc2c1)c1ccc(Br)c([N+](=O)[O-])c1. The van der Waals surface area contributed by atoms with Crippen LogP contribution in [0.2, 0.25) is 0 Å². The van der Waals surface area contributed by atoms with Crippen LogP contribution >= 0.6 is 15.9 Å². The van der Waals surface area contributed by atoms with Gasteiger partial charge in [-0.15, -0.1) is 0 Å². The van der Waals surface area contributed by atoms with Gasteiger partial charge in [0.2, 0.25) is 0 Å². The van der Waals surface area contributed by atoms with Crippen molar-refractivity contribution in [1.82, 2.24) is 0 Å². The maximum atomic E-state index is 12.3. The van der Waals surface area contributed by atoms with Crippen molar-refractivity contribution in [3.63, 3.8) is 0 Å². The molecule has 2 aromatic carbocycles. The van der Waals surface area contributed by atoms with Crippen molar-refractivity contribution < 1.29 is 14.1 Å². The van der Waals surface area contributed by atoms with Gasteiger partial charge in [0.1, 0.15) is 5.58 Å². The predicted octanol–water partition coefficient (Wildman–Crippen LogP) is 3.72. The average molecular weight is 389 g/mol. The van der Waals surface area contributed by atoms with Crippen LogP contribution in [0.3, 0.4) is 0 Å². The van der Waals surface area contributed by atoms with Gasteiger partial charge >= 0.3 is 5.63 Å². The van der Waals surface area contributed by atoms with E-state index in [1.807, 2.05) is 0 Å². The number of benzene rings is 2. The van der Waals surface area contributed by atoms with Gasteiger partial charge in [-0.2, -0.15) is 0 Å². The molecule has 0 aliphatic carbocycles. The van der Waals surface area contributed by atoms with Gasteiger partial charge in [-0.25, -0.2) is 4.79 Å². The highest BCUT2D eigenvalue weighted by Gasteiger charge is 2.16. The van der Waals surface area contributed by atoms with Crippen LogP contribution in [-0.2, 0) is 0 Å². The molecule has 1 aromatic heterocycles. The number of nitrogens with zero attached hydrogens (tertiary/aromatic N) is 1. The number of halogens is 1. The molecule has 7 nitrogen and oxygen atoms in total. The molecule has 3 aromatic rings. The molecule has 0 saturated heterocycles. The monoisotopic (exact) mass is 388 g/mol. The first-order valence-corrected chi connectivity index (χ1v) is 7.52. The molecule has 0 saturated carbocycles. The minimum absolute atomic E-state index is 0.157. The first kappa shape index (κ1) is 15.9. The Morgan fingerprint density at radius 1 is 1.12 bits per heavy atom. The molecule has 0 aliphatic rings. The van der Waals surface area contributed by atoms with Crippen LogP contribution in [0.4, 0.5) is 11.4 Å². The lowest BCUT2D eigenvalue weighted by Crippen LogP contribution is -2.12. The van der Waals surface area contributed by atoms with Crippen molar-refractivity contribution in [2.45, 2.75) is 0 Å². The van der Waals surface area contributed by atoms with Crippen LogP contribution in [-0.4, -0.2) is 10.8 Å². The van der Waals surface area contributed by atoms with Gasteiger partial charge in [0, 0.05) is 28.8 Å². The maximum absolute atomic E-state index is 12.3. The van der Waals surface area contributed by atoms with E-state index in [1.54, 1.807) is 24.3 Å². The minimum atomic E-state index is -0.571. The molecule has 0 bridgehead atoms. The first-order valence-electron chi connectivity index (χ1n) is 6.73. The first-order chi connectivity index (χ1) is 11.4. The normalized spacial score (nSPS) is 10.5. The van der Waals surface area contributed by atoms with Crippen molar-refractivity contribution >= 4 is 44.2 Å². The number of amides is 1. The third-order valence-electron chi connectivity index (χ3n) is 3.28. The third kappa shape index (κ3) is 3.18. The summed E-state index contributed by atoms with van der Waals surface area (Å²) in [5, 5.41) is 14.2. The van der Waals surface area contributed by atoms with E-state index in [2.05, 4.69) is 21.2 Å². The van der Waals surface area contributed by atoms with E-state index in [1.165, 1.54) is 24.3 Å². The Kier molecular flexibility index (Phi) is 4.13. The van der Waals surface area contributed by atoms with Crippen LogP contribution in [0.15, 0.2) is 62.2 Å². The van der Waals surface area contributed by atoms with Crippen LogP contribution < -0.4 is 10.9 Å². The number of hydrogen-bond acceptors (Lipinski definition) is 5. The summed E-state index contributed by atoms with van der Waals surface area (Å²) in [6, 6.07) is 11.8. The minimum Gasteiger partial charge on any atom is -0.423 e. The summed E-state index contributed by atoms with van der Waals surface area (Å²) < 4.78 is 5.31. The molecule has 1 heterocycles. The highest BCUT2D eigenvalue weighted by molar-refractivity contribution is 9.10. The van der Waals surface area contributed by atoms with Gasteiger partial charge < -0.3 is 9.73 Å².